The molecule has 112 valence electrons. The molecule has 1 saturated heterocycles. The SMILES string of the molecule is O=S(=O)(NCC1(O)CCOCC1)c1cccc(Cl)c1Cl. The van der Waals surface area contributed by atoms with E-state index in [0.717, 1.165) is 0 Å². The van der Waals surface area contributed by atoms with Crippen molar-refractivity contribution in [1.82, 2.24) is 4.72 Å². The lowest BCUT2D eigenvalue weighted by Crippen LogP contribution is -2.46. The van der Waals surface area contributed by atoms with Crippen molar-refractivity contribution in [3.8, 4) is 0 Å². The second-order valence-corrected chi connectivity index (χ2v) is 7.23. The number of hydrogen-bond donors (Lipinski definition) is 2. The molecule has 20 heavy (non-hydrogen) atoms. The molecule has 0 aliphatic carbocycles. The molecule has 1 heterocycles. The summed E-state index contributed by atoms with van der Waals surface area (Å²) in [5.74, 6) is 0. The molecule has 0 saturated carbocycles. The van der Waals surface area contributed by atoms with E-state index in [-0.39, 0.29) is 21.5 Å². The highest BCUT2D eigenvalue weighted by molar-refractivity contribution is 7.89. The van der Waals surface area contributed by atoms with Crippen LogP contribution < -0.4 is 4.72 Å². The quantitative estimate of drug-likeness (QED) is 0.877. The normalized spacial score (nSPS) is 18.9. The molecule has 8 heteroatoms. The first-order chi connectivity index (χ1) is 9.34. The fourth-order valence-corrected chi connectivity index (χ4v) is 3.81. The van der Waals surface area contributed by atoms with Gasteiger partial charge < -0.3 is 9.84 Å². The molecule has 0 aromatic heterocycles. The van der Waals surface area contributed by atoms with Crippen LogP contribution in [-0.4, -0.2) is 38.9 Å². The molecule has 1 aliphatic heterocycles. The summed E-state index contributed by atoms with van der Waals surface area (Å²) in [4.78, 5) is -0.0951. The van der Waals surface area contributed by atoms with Crippen LogP contribution in [0.3, 0.4) is 0 Å². The monoisotopic (exact) mass is 339 g/mol. The number of benzene rings is 1. The van der Waals surface area contributed by atoms with E-state index in [9.17, 15) is 13.5 Å². The van der Waals surface area contributed by atoms with Crippen molar-refractivity contribution >= 4 is 33.2 Å². The van der Waals surface area contributed by atoms with Crippen LogP contribution in [0, 0.1) is 0 Å². The Bertz CT molecular complexity index is 585. The molecule has 0 unspecified atom stereocenters. The van der Waals surface area contributed by atoms with Gasteiger partial charge in [0.2, 0.25) is 10.0 Å². The second-order valence-electron chi connectivity index (χ2n) is 4.71. The van der Waals surface area contributed by atoms with Crippen molar-refractivity contribution in [2.45, 2.75) is 23.3 Å². The summed E-state index contributed by atoms with van der Waals surface area (Å²) >= 11 is 11.7. The average molecular weight is 340 g/mol. The molecule has 0 atom stereocenters. The number of aliphatic hydroxyl groups is 1. The molecular formula is C12H15Cl2NO4S. The lowest BCUT2D eigenvalue weighted by Gasteiger charge is -2.32. The van der Waals surface area contributed by atoms with E-state index < -0.39 is 15.6 Å². The number of sulfonamides is 1. The number of rotatable bonds is 4. The van der Waals surface area contributed by atoms with Crippen LogP contribution in [0.4, 0.5) is 0 Å². The van der Waals surface area contributed by atoms with Crippen molar-refractivity contribution in [3.63, 3.8) is 0 Å². The molecule has 0 bridgehead atoms. The zero-order chi connectivity index (χ0) is 14.8. The predicted octanol–water partition coefficient (Wildman–Crippen LogP) is 1.81. The molecule has 0 amide bonds. The molecule has 1 aromatic carbocycles. The maximum absolute atomic E-state index is 12.2. The average Bonchev–Trinajstić information content (AvgIpc) is 2.41. The largest absolute Gasteiger partial charge is 0.388 e. The first-order valence-corrected chi connectivity index (χ1v) is 8.32. The number of nitrogens with one attached hydrogen (secondary N) is 1. The first-order valence-electron chi connectivity index (χ1n) is 6.08. The van der Waals surface area contributed by atoms with Gasteiger partial charge in [0, 0.05) is 32.6 Å². The smallest absolute Gasteiger partial charge is 0.242 e. The Morgan fingerprint density at radius 1 is 1.30 bits per heavy atom. The molecule has 5 nitrogen and oxygen atoms in total. The Hall–Kier alpha value is -0.370. The minimum absolute atomic E-state index is 0.0272. The van der Waals surface area contributed by atoms with Gasteiger partial charge in [0.25, 0.3) is 0 Å². The highest BCUT2D eigenvalue weighted by Gasteiger charge is 2.32. The number of hydrogen-bond acceptors (Lipinski definition) is 4. The van der Waals surface area contributed by atoms with Crippen molar-refractivity contribution in [2.24, 2.45) is 0 Å². The van der Waals surface area contributed by atoms with Gasteiger partial charge in [0.15, 0.2) is 0 Å². The third-order valence-corrected chi connectivity index (χ3v) is 5.60. The molecule has 1 aromatic rings. The summed E-state index contributed by atoms with van der Waals surface area (Å²) in [6, 6.07) is 4.38. The van der Waals surface area contributed by atoms with Gasteiger partial charge in [-0.05, 0) is 12.1 Å². The molecule has 2 N–H and O–H groups in total. The third kappa shape index (κ3) is 3.63. The second kappa shape index (κ2) is 6.17. The van der Waals surface area contributed by atoms with Gasteiger partial charge in [-0.2, -0.15) is 0 Å². The van der Waals surface area contributed by atoms with Gasteiger partial charge in [-0.25, -0.2) is 13.1 Å². The fourth-order valence-electron chi connectivity index (χ4n) is 1.93. The van der Waals surface area contributed by atoms with E-state index in [1.165, 1.54) is 18.2 Å². The summed E-state index contributed by atoms with van der Waals surface area (Å²) in [6.45, 7) is 0.744. The van der Waals surface area contributed by atoms with Crippen LogP contribution in [0.5, 0.6) is 0 Å². The predicted molar refractivity (Wildman–Crippen MR) is 76.7 cm³/mol. The summed E-state index contributed by atoms with van der Waals surface area (Å²) in [5, 5.41) is 10.4. The summed E-state index contributed by atoms with van der Waals surface area (Å²) in [7, 11) is -3.82. The van der Waals surface area contributed by atoms with Crippen LogP contribution in [0.1, 0.15) is 12.8 Å². The van der Waals surface area contributed by atoms with Crippen molar-refractivity contribution < 1.29 is 18.3 Å². The summed E-state index contributed by atoms with van der Waals surface area (Å²) in [6.07, 6.45) is 0.775. The van der Waals surface area contributed by atoms with Gasteiger partial charge in [-0.15, -0.1) is 0 Å². The van der Waals surface area contributed by atoms with Crippen LogP contribution >= 0.6 is 23.2 Å². The highest BCUT2D eigenvalue weighted by atomic mass is 35.5. The molecule has 0 radical (unpaired) electrons. The molecule has 1 aliphatic rings. The van der Waals surface area contributed by atoms with Crippen molar-refractivity contribution in [3.05, 3.63) is 28.2 Å². The zero-order valence-corrected chi connectivity index (χ0v) is 12.9. The maximum atomic E-state index is 12.2. The molecule has 1 fully saturated rings. The Labute approximate surface area is 127 Å². The Balaban J connectivity index is 2.13. The minimum atomic E-state index is -3.82. The lowest BCUT2D eigenvalue weighted by molar-refractivity contribution is -0.0588. The molecule has 0 spiro atoms. The van der Waals surface area contributed by atoms with Crippen molar-refractivity contribution in [1.29, 1.82) is 0 Å². The maximum Gasteiger partial charge on any atom is 0.242 e. The fraction of sp³-hybridized carbons (Fsp3) is 0.500. The van der Waals surface area contributed by atoms with Crippen molar-refractivity contribution in [2.75, 3.05) is 19.8 Å². The zero-order valence-electron chi connectivity index (χ0n) is 10.6. The van der Waals surface area contributed by atoms with E-state index in [2.05, 4.69) is 4.72 Å². The Kier molecular flexibility index (Phi) is 4.94. The van der Waals surface area contributed by atoms with Gasteiger partial charge in [-0.1, -0.05) is 29.3 Å². The Morgan fingerprint density at radius 3 is 2.60 bits per heavy atom. The van der Waals surface area contributed by atoms with E-state index >= 15 is 0 Å². The van der Waals surface area contributed by atoms with E-state index in [1.807, 2.05) is 0 Å². The number of ether oxygens (including phenoxy) is 1. The van der Waals surface area contributed by atoms with Crippen LogP contribution in [0.2, 0.25) is 10.0 Å². The van der Waals surface area contributed by atoms with Gasteiger partial charge >= 0.3 is 0 Å². The third-order valence-electron chi connectivity index (χ3n) is 3.22. The molecular weight excluding hydrogens is 325 g/mol. The first kappa shape index (κ1) is 16.0. The highest BCUT2D eigenvalue weighted by Crippen LogP contribution is 2.29. The van der Waals surface area contributed by atoms with E-state index in [0.29, 0.717) is 26.1 Å². The Morgan fingerprint density at radius 2 is 1.95 bits per heavy atom. The standard InChI is InChI=1S/C12H15Cl2NO4S/c13-9-2-1-3-10(11(9)14)20(17,18)15-8-12(16)4-6-19-7-5-12/h1-3,15-16H,4-8H2. The van der Waals surface area contributed by atoms with Gasteiger partial charge in [0.1, 0.15) is 4.90 Å². The van der Waals surface area contributed by atoms with Crippen LogP contribution in [-0.2, 0) is 14.8 Å². The van der Waals surface area contributed by atoms with Crippen LogP contribution in [0.15, 0.2) is 23.1 Å². The minimum Gasteiger partial charge on any atom is -0.388 e. The van der Waals surface area contributed by atoms with E-state index in [4.69, 9.17) is 27.9 Å². The van der Waals surface area contributed by atoms with E-state index in [1.54, 1.807) is 0 Å². The summed E-state index contributed by atoms with van der Waals surface area (Å²) < 4.78 is 31.9. The van der Waals surface area contributed by atoms with Crippen LogP contribution in [0.25, 0.3) is 0 Å². The number of halogens is 2. The van der Waals surface area contributed by atoms with Gasteiger partial charge in [0.05, 0.1) is 15.6 Å². The lowest BCUT2D eigenvalue weighted by atomic mass is 9.95. The molecule has 2 rings (SSSR count). The summed E-state index contributed by atoms with van der Waals surface area (Å²) in [5.41, 5.74) is -1.09. The topological polar surface area (TPSA) is 75.6 Å². The van der Waals surface area contributed by atoms with Gasteiger partial charge in [-0.3, -0.25) is 0 Å².